The van der Waals surface area contributed by atoms with Crippen molar-refractivity contribution in [3.05, 3.63) is 58.4 Å². The third-order valence-electron chi connectivity index (χ3n) is 5.00. The summed E-state index contributed by atoms with van der Waals surface area (Å²) >= 11 is 0. The van der Waals surface area contributed by atoms with Crippen molar-refractivity contribution in [2.75, 3.05) is 13.1 Å². The topological polar surface area (TPSA) is 55.5 Å². The molecule has 2 aromatic heterocycles. The molecule has 2 bridgehead atoms. The molecule has 120 valence electrons. The number of likely N-dealkylation sites (tertiary alicyclic amines) is 1. The SMILES string of the molecule is O=C(CCc1ccco1)N1C[C@H]2C[C@@H](C1)c1cccc(=O)n1C2. The molecular weight excluding hydrogens is 292 g/mol. The van der Waals surface area contributed by atoms with E-state index >= 15 is 0 Å². The van der Waals surface area contributed by atoms with Crippen molar-refractivity contribution in [3.8, 4) is 0 Å². The Bertz CT molecular complexity index is 763. The van der Waals surface area contributed by atoms with Crippen LogP contribution in [-0.4, -0.2) is 28.5 Å². The molecule has 1 saturated heterocycles. The summed E-state index contributed by atoms with van der Waals surface area (Å²) in [7, 11) is 0. The minimum atomic E-state index is 0.0785. The lowest BCUT2D eigenvalue weighted by molar-refractivity contribution is -0.134. The van der Waals surface area contributed by atoms with Gasteiger partial charge in [-0.25, -0.2) is 0 Å². The van der Waals surface area contributed by atoms with Gasteiger partial charge in [0.1, 0.15) is 5.76 Å². The molecular formula is C18H20N2O3. The monoisotopic (exact) mass is 312 g/mol. The molecule has 2 aromatic rings. The van der Waals surface area contributed by atoms with E-state index in [4.69, 9.17) is 4.42 Å². The van der Waals surface area contributed by atoms with Gasteiger partial charge >= 0.3 is 0 Å². The van der Waals surface area contributed by atoms with Crippen molar-refractivity contribution < 1.29 is 9.21 Å². The van der Waals surface area contributed by atoms with Crippen LogP contribution in [0.2, 0.25) is 0 Å². The number of nitrogens with zero attached hydrogens (tertiary/aromatic N) is 2. The predicted molar refractivity (Wildman–Crippen MR) is 85.2 cm³/mol. The zero-order valence-corrected chi connectivity index (χ0v) is 13.0. The zero-order valence-electron chi connectivity index (χ0n) is 13.0. The second-order valence-corrected chi connectivity index (χ2v) is 6.58. The molecule has 1 fully saturated rings. The van der Waals surface area contributed by atoms with Crippen molar-refractivity contribution in [3.63, 3.8) is 0 Å². The highest BCUT2D eigenvalue weighted by Crippen LogP contribution is 2.35. The summed E-state index contributed by atoms with van der Waals surface area (Å²) in [5.41, 5.74) is 1.16. The number of hydrogen-bond donors (Lipinski definition) is 0. The molecule has 0 radical (unpaired) electrons. The van der Waals surface area contributed by atoms with E-state index in [1.54, 1.807) is 12.3 Å². The summed E-state index contributed by atoms with van der Waals surface area (Å²) in [4.78, 5) is 26.5. The Morgan fingerprint density at radius 2 is 2.09 bits per heavy atom. The highest BCUT2D eigenvalue weighted by molar-refractivity contribution is 5.76. The van der Waals surface area contributed by atoms with Gasteiger partial charge in [-0.3, -0.25) is 9.59 Å². The van der Waals surface area contributed by atoms with E-state index in [1.807, 2.05) is 33.7 Å². The molecule has 0 N–H and O–H groups in total. The number of furan rings is 1. The van der Waals surface area contributed by atoms with E-state index < -0.39 is 0 Å². The largest absolute Gasteiger partial charge is 0.469 e. The van der Waals surface area contributed by atoms with E-state index in [2.05, 4.69) is 0 Å². The third kappa shape index (κ3) is 2.71. The van der Waals surface area contributed by atoms with Crippen molar-refractivity contribution in [1.29, 1.82) is 0 Å². The lowest BCUT2D eigenvalue weighted by Crippen LogP contribution is -2.49. The minimum absolute atomic E-state index is 0.0785. The number of rotatable bonds is 3. The Morgan fingerprint density at radius 3 is 2.91 bits per heavy atom. The lowest BCUT2D eigenvalue weighted by atomic mass is 9.83. The fourth-order valence-corrected chi connectivity index (χ4v) is 3.94. The molecule has 4 rings (SSSR count). The maximum atomic E-state index is 12.5. The van der Waals surface area contributed by atoms with Crippen LogP contribution in [0.5, 0.6) is 0 Å². The third-order valence-corrected chi connectivity index (χ3v) is 5.00. The molecule has 1 amide bonds. The fraction of sp³-hybridized carbons (Fsp3) is 0.444. The summed E-state index contributed by atoms with van der Waals surface area (Å²) < 4.78 is 7.19. The zero-order chi connectivity index (χ0) is 15.8. The van der Waals surface area contributed by atoms with Gasteiger partial charge in [-0.15, -0.1) is 0 Å². The summed E-state index contributed by atoms with van der Waals surface area (Å²) in [6, 6.07) is 9.22. The number of aryl methyl sites for hydroxylation is 1. The number of piperidine rings is 1. The first-order chi connectivity index (χ1) is 11.2. The molecule has 5 heteroatoms. The van der Waals surface area contributed by atoms with Gasteiger partial charge in [0.05, 0.1) is 6.26 Å². The number of pyridine rings is 1. The molecule has 2 atom stereocenters. The number of amides is 1. The summed E-state index contributed by atoms with van der Waals surface area (Å²) in [5.74, 6) is 1.70. The molecule has 4 heterocycles. The van der Waals surface area contributed by atoms with Gasteiger partial charge in [-0.1, -0.05) is 6.07 Å². The maximum absolute atomic E-state index is 12.5. The molecule has 0 spiro atoms. The smallest absolute Gasteiger partial charge is 0.250 e. The van der Waals surface area contributed by atoms with Crippen LogP contribution in [-0.2, 0) is 17.8 Å². The molecule has 2 aliphatic rings. The fourth-order valence-electron chi connectivity index (χ4n) is 3.94. The number of hydrogen-bond acceptors (Lipinski definition) is 3. The number of aromatic nitrogens is 1. The molecule has 2 aliphatic heterocycles. The van der Waals surface area contributed by atoms with Crippen LogP contribution in [0.3, 0.4) is 0 Å². The van der Waals surface area contributed by atoms with E-state index in [0.29, 0.717) is 18.8 Å². The molecule has 0 saturated carbocycles. The number of carbonyl (C=O) groups is 1. The van der Waals surface area contributed by atoms with E-state index in [-0.39, 0.29) is 17.4 Å². The van der Waals surface area contributed by atoms with Crippen LogP contribution >= 0.6 is 0 Å². The van der Waals surface area contributed by atoms with Gasteiger partial charge in [0.25, 0.3) is 5.56 Å². The molecule has 0 aromatic carbocycles. The highest BCUT2D eigenvalue weighted by atomic mass is 16.3. The lowest BCUT2D eigenvalue weighted by Gasteiger charge is -2.42. The first-order valence-corrected chi connectivity index (χ1v) is 8.20. The van der Waals surface area contributed by atoms with Gasteiger partial charge in [0.2, 0.25) is 5.91 Å². The second-order valence-electron chi connectivity index (χ2n) is 6.58. The summed E-state index contributed by atoms with van der Waals surface area (Å²) in [5, 5.41) is 0. The number of fused-ring (bicyclic) bond motifs is 4. The molecule has 0 unspecified atom stereocenters. The Hall–Kier alpha value is -2.30. The van der Waals surface area contributed by atoms with Gasteiger partial charge in [-0.2, -0.15) is 0 Å². The van der Waals surface area contributed by atoms with E-state index in [0.717, 1.165) is 37.5 Å². The molecule has 0 aliphatic carbocycles. The predicted octanol–water partition coefficient (Wildman–Crippen LogP) is 2.02. The average molecular weight is 312 g/mol. The Labute approximate surface area is 134 Å². The van der Waals surface area contributed by atoms with Crippen LogP contribution in [0.15, 0.2) is 45.8 Å². The minimum Gasteiger partial charge on any atom is -0.469 e. The van der Waals surface area contributed by atoms with Gasteiger partial charge in [0.15, 0.2) is 0 Å². The first-order valence-electron chi connectivity index (χ1n) is 8.20. The molecule has 23 heavy (non-hydrogen) atoms. The Morgan fingerprint density at radius 1 is 1.17 bits per heavy atom. The van der Waals surface area contributed by atoms with Crippen molar-refractivity contribution in [1.82, 2.24) is 9.47 Å². The van der Waals surface area contributed by atoms with Crippen LogP contribution < -0.4 is 5.56 Å². The normalized spacial score (nSPS) is 22.7. The van der Waals surface area contributed by atoms with Crippen LogP contribution in [0, 0.1) is 5.92 Å². The standard InChI is InChI=1S/C18H20N2O3/c21-17(7-6-15-3-2-8-23-15)19-10-13-9-14(12-19)16-4-1-5-18(22)20(16)11-13/h1-5,8,13-14H,6-7,9-12H2/t13-,14+/m1/s1. The Balaban J connectivity index is 1.47. The number of carbonyl (C=O) groups excluding carboxylic acids is 1. The van der Waals surface area contributed by atoms with Crippen LogP contribution in [0.4, 0.5) is 0 Å². The summed E-state index contributed by atoms with van der Waals surface area (Å²) in [6.07, 6.45) is 3.84. The van der Waals surface area contributed by atoms with Gasteiger partial charge in [-0.05, 0) is 30.5 Å². The van der Waals surface area contributed by atoms with Crippen molar-refractivity contribution in [2.24, 2.45) is 5.92 Å². The van der Waals surface area contributed by atoms with Gasteiger partial charge in [0, 0.05) is 50.2 Å². The van der Waals surface area contributed by atoms with Crippen LogP contribution in [0.1, 0.15) is 30.2 Å². The highest BCUT2D eigenvalue weighted by Gasteiger charge is 2.35. The average Bonchev–Trinajstić information content (AvgIpc) is 3.07. The van der Waals surface area contributed by atoms with Gasteiger partial charge < -0.3 is 13.9 Å². The van der Waals surface area contributed by atoms with Crippen molar-refractivity contribution in [2.45, 2.75) is 31.7 Å². The first kappa shape index (κ1) is 14.3. The Kier molecular flexibility index (Phi) is 3.56. The second kappa shape index (κ2) is 5.72. The van der Waals surface area contributed by atoms with E-state index in [1.165, 1.54) is 0 Å². The van der Waals surface area contributed by atoms with E-state index in [9.17, 15) is 9.59 Å². The van der Waals surface area contributed by atoms with Crippen molar-refractivity contribution >= 4 is 5.91 Å². The molecule has 5 nitrogen and oxygen atoms in total. The quantitative estimate of drug-likeness (QED) is 0.871. The maximum Gasteiger partial charge on any atom is 0.250 e. The summed E-state index contributed by atoms with van der Waals surface area (Å²) in [6.45, 7) is 2.21. The van der Waals surface area contributed by atoms with Crippen LogP contribution in [0.25, 0.3) is 0 Å².